The first-order valence-electron chi connectivity index (χ1n) is 11.7. The minimum Gasteiger partial charge on any atom is -0.369 e. The van der Waals surface area contributed by atoms with Crippen molar-refractivity contribution in [3.8, 4) is 6.07 Å². The van der Waals surface area contributed by atoms with Crippen molar-refractivity contribution >= 4 is 17.5 Å². The van der Waals surface area contributed by atoms with E-state index in [1.54, 1.807) is 0 Å². The number of urea groups is 1. The van der Waals surface area contributed by atoms with E-state index in [1.165, 1.54) is 25.7 Å². The Morgan fingerprint density at radius 2 is 1.72 bits per heavy atom. The van der Waals surface area contributed by atoms with Crippen LogP contribution in [-0.4, -0.2) is 55.2 Å². The van der Waals surface area contributed by atoms with Crippen molar-refractivity contribution in [1.29, 1.82) is 5.26 Å². The number of carbonyl (C=O) groups excluding carboxylic acids is 1. The van der Waals surface area contributed by atoms with E-state index in [0.29, 0.717) is 25.2 Å². The SMILES string of the molecule is N#Cc1ccccc1N1CCCN(C(=O)NCc2ccnc(N3CCCCCC3)c2)CC1. The van der Waals surface area contributed by atoms with Crippen LogP contribution in [0.5, 0.6) is 0 Å². The Morgan fingerprint density at radius 1 is 0.938 bits per heavy atom. The number of hydrogen-bond acceptors (Lipinski definition) is 5. The molecule has 2 saturated heterocycles. The number of amides is 2. The molecule has 0 radical (unpaired) electrons. The van der Waals surface area contributed by atoms with Gasteiger partial charge in [0.15, 0.2) is 0 Å². The summed E-state index contributed by atoms with van der Waals surface area (Å²) in [5.74, 6) is 1.01. The highest BCUT2D eigenvalue weighted by atomic mass is 16.2. The number of pyridine rings is 1. The number of benzene rings is 1. The first-order chi connectivity index (χ1) is 15.7. The van der Waals surface area contributed by atoms with Crippen LogP contribution in [-0.2, 0) is 6.54 Å². The van der Waals surface area contributed by atoms with Crippen LogP contribution in [0.4, 0.5) is 16.3 Å². The second-order valence-electron chi connectivity index (χ2n) is 8.54. The van der Waals surface area contributed by atoms with Crippen molar-refractivity contribution < 1.29 is 4.79 Å². The number of nitrogens with zero attached hydrogens (tertiary/aromatic N) is 5. The lowest BCUT2D eigenvalue weighted by Gasteiger charge is -2.25. The fourth-order valence-electron chi connectivity index (χ4n) is 4.54. The highest BCUT2D eigenvalue weighted by Crippen LogP contribution is 2.21. The van der Waals surface area contributed by atoms with Gasteiger partial charge in [0, 0.05) is 52.0 Å². The number of carbonyl (C=O) groups is 1. The van der Waals surface area contributed by atoms with Crippen molar-refractivity contribution in [1.82, 2.24) is 15.2 Å². The molecule has 3 heterocycles. The quantitative estimate of drug-likeness (QED) is 0.796. The second kappa shape index (κ2) is 10.9. The van der Waals surface area contributed by atoms with Gasteiger partial charge in [-0.15, -0.1) is 0 Å². The molecule has 7 heteroatoms. The third-order valence-corrected chi connectivity index (χ3v) is 6.33. The topological polar surface area (TPSA) is 75.5 Å². The summed E-state index contributed by atoms with van der Waals surface area (Å²) >= 11 is 0. The maximum Gasteiger partial charge on any atom is 0.317 e. The molecule has 168 valence electrons. The maximum absolute atomic E-state index is 12.8. The Morgan fingerprint density at radius 3 is 2.53 bits per heavy atom. The maximum atomic E-state index is 12.8. The number of anilines is 2. The molecule has 0 bridgehead atoms. The Balaban J connectivity index is 1.32. The number of rotatable bonds is 4. The van der Waals surface area contributed by atoms with Crippen LogP contribution in [0.3, 0.4) is 0 Å². The van der Waals surface area contributed by atoms with Crippen LogP contribution >= 0.6 is 0 Å². The summed E-state index contributed by atoms with van der Waals surface area (Å²) in [6.45, 7) is 5.53. The molecule has 1 N–H and O–H groups in total. The first-order valence-corrected chi connectivity index (χ1v) is 11.7. The molecule has 0 spiro atoms. The molecule has 2 fully saturated rings. The smallest absolute Gasteiger partial charge is 0.317 e. The van der Waals surface area contributed by atoms with Crippen molar-refractivity contribution in [3.63, 3.8) is 0 Å². The molecule has 7 nitrogen and oxygen atoms in total. The van der Waals surface area contributed by atoms with Gasteiger partial charge >= 0.3 is 6.03 Å². The first kappa shape index (κ1) is 21.9. The third kappa shape index (κ3) is 5.50. The van der Waals surface area contributed by atoms with Gasteiger partial charge in [-0.05, 0) is 49.1 Å². The summed E-state index contributed by atoms with van der Waals surface area (Å²) in [6, 6.07) is 14.0. The van der Waals surface area contributed by atoms with Crippen molar-refractivity contribution in [3.05, 3.63) is 53.7 Å². The lowest BCUT2D eigenvalue weighted by atomic mass is 10.1. The molecule has 0 atom stereocenters. The molecule has 2 aromatic rings. The zero-order chi connectivity index (χ0) is 22.2. The highest BCUT2D eigenvalue weighted by Gasteiger charge is 2.20. The lowest BCUT2D eigenvalue weighted by Crippen LogP contribution is -2.41. The molecule has 1 aromatic heterocycles. The molecule has 2 amide bonds. The highest BCUT2D eigenvalue weighted by molar-refractivity contribution is 5.74. The van der Waals surface area contributed by atoms with Crippen LogP contribution in [0.2, 0.25) is 0 Å². The van der Waals surface area contributed by atoms with E-state index >= 15 is 0 Å². The average Bonchev–Trinajstić information content (AvgIpc) is 3.26. The molecule has 0 aliphatic carbocycles. The van der Waals surface area contributed by atoms with Gasteiger partial charge in [0.05, 0.1) is 11.3 Å². The molecule has 32 heavy (non-hydrogen) atoms. The number of para-hydroxylation sites is 1. The summed E-state index contributed by atoms with van der Waals surface area (Å²) in [7, 11) is 0. The average molecular weight is 433 g/mol. The van der Waals surface area contributed by atoms with Gasteiger partial charge in [0.1, 0.15) is 11.9 Å². The van der Waals surface area contributed by atoms with E-state index in [0.717, 1.165) is 49.7 Å². The van der Waals surface area contributed by atoms with Crippen LogP contribution in [0.25, 0.3) is 0 Å². The fourth-order valence-corrected chi connectivity index (χ4v) is 4.54. The largest absolute Gasteiger partial charge is 0.369 e. The van der Waals surface area contributed by atoms with Crippen LogP contribution < -0.4 is 15.1 Å². The Labute approximate surface area is 190 Å². The Kier molecular flexibility index (Phi) is 7.44. The number of aromatic nitrogens is 1. The van der Waals surface area contributed by atoms with Gasteiger partial charge in [-0.25, -0.2) is 9.78 Å². The standard InChI is InChI=1S/C25H32N6O/c26-19-22-8-3-4-9-23(22)29-14-7-15-31(17-16-29)25(32)28-20-21-10-11-27-24(18-21)30-12-5-1-2-6-13-30/h3-4,8-11,18H,1-2,5-7,12-17,20H2,(H,28,32). The lowest BCUT2D eigenvalue weighted by molar-refractivity contribution is 0.201. The molecular weight excluding hydrogens is 400 g/mol. The van der Waals surface area contributed by atoms with Gasteiger partial charge in [0.25, 0.3) is 0 Å². The van der Waals surface area contributed by atoms with Gasteiger partial charge < -0.3 is 20.0 Å². The Bertz CT molecular complexity index is 947. The zero-order valence-electron chi connectivity index (χ0n) is 18.7. The van der Waals surface area contributed by atoms with Crippen molar-refractivity contribution in [2.75, 3.05) is 49.1 Å². The zero-order valence-corrected chi connectivity index (χ0v) is 18.7. The minimum atomic E-state index is -0.0337. The molecule has 2 aliphatic rings. The van der Waals surface area contributed by atoms with E-state index in [4.69, 9.17) is 0 Å². The number of hydrogen-bond donors (Lipinski definition) is 1. The van der Waals surface area contributed by atoms with E-state index in [2.05, 4.69) is 32.2 Å². The van der Waals surface area contributed by atoms with Crippen molar-refractivity contribution in [2.24, 2.45) is 0 Å². The molecule has 0 saturated carbocycles. The summed E-state index contributed by atoms with van der Waals surface area (Å²) in [4.78, 5) is 23.9. The van der Waals surface area contributed by atoms with Gasteiger partial charge in [0.2, 0.25) is 0 Å². The normalized spacial score (nSPS) is 17.3. The second-order valence-corrected chi connectivity index (χ2v) is 8.54. The fraction of sp³-hybridized carbons (Fsp3) is 0.480. The van der Waals surface area contributed by atoms with Crippen LogP contribution in [0, 0.1) is 11.3 Å². The summed E-state index contributed by atoms with van der Waals surface area (Å²) in [5.41, 5.74) is 2.71. The summed E-state index contributed by atoms with van der Waals surface area (Å²) in [5, 5.41) is 12.5. The van der Waals surface area contributed by atoms with Gasteiger partial charge in [-0.1, -0.05) is 25.0 Å². The number of nitriles is 1. The molecular formula is C25H32N6O. The summed E-state index contributed by atoms with van der Waals surface area (Å²) in [6.07, 6.45) is 7.74. The molecule has 1 aromatic carbocycles. The van der Waals surface area contributed by atoms with E-state index in [9.17, 15) is 10.1 Å². The van der Waals surface area contributed by atoms with Crippen molar-refractivity contribution in [2.45, 2.75) is 38.6 Å². The molecule has 4 rings (SSSR count). The molecule has 0 unspecified atom stereocenters. The van der Waals surface area contributed by atoms with Gasteiger partial charge in [-0.2, -0.15) is 5.26 Å². The predicted octanol–water partition coefficient (Wildman–Crippen LogP) is 3.76. The Hall–Kier alpha value is -3.27. The van der Waals surface area contributed by atoms with E-state index < -0.39 is 0 Å². The van der Waals surface area contributed by atoms with Crippen LogP contribution in [0.1, 0.15) is 43.2 Å². The van der Waals surface area contributed by atoms with Crippen LogP contribution in [0.15, 0.2) is 42.6 Å². The summed E-state index contributed by atoms with van der Waals surface area (Å²) < 4.78 is 0. The minimum absolute atomic E-state index is 0.0337. The number of nitrogens with one attached hydrogen (secondary N) is 1. The van der Waals surface area contributed by atoms with Gasteiger partial charge in [-0.3, -0.25) is 0 Å². The van der Waals surface area contributed by atoms with E-state index in [-0.39, 0.29) is 6.03 Å². The predicted molar refractivity (Wildman–Crippen MR) is 127 cm³/mol. The third-order valence-electron chi connectivity index (χ3n) is 6.33. The molecule has 2 aliphatic heterocycles. The monoisotopic (exact) mass is 432 g/mol. The van der Waals surface area contributed by atoms with E-state index in [1.807, 2.05) is 41.4 Å².